The van der Waals surface area contributed by atoms with Gasteiger partial charge in [-0.05, 0) is 39.0 Å². The van der Waals surface area contributed by atoms with Crippen molar-refractivity contribution in [2.75, 3.05) is 7.11 Å². The van der Waals surface area contributed by atoms with E-state index in [1.807, 2.05) is 39.0 Å². The van der Waals surface area contributed by atoms with E-state index in [1.165, 1.54) is 0 Å². The molecule has 1 amide bonds. The molecule has 3 N–H and O–H groups in total. The lowest BCUT2D eigenvalue weighted by molar-refractivity contribution is -0.122. The summed E-state index contributed by atoms with van der Waals surface area (Å²) in [5.41, 5.74) is 7.43. The van der Waals surface area contributed by atoms with Crippen molar-refractivity contribution in [3.05, 3.63) is 29.5 Å². The summed E-state index contributed by atoms with van der Waals surface area (Å²) >= 11 is 0. The van der Waals surface area contributed by atoms with Crippen LogP contribution in [0.2, 0.25) is 0 Å². The van der Waals surface area contributed by atoms with Crippen LogP contribution in [-0.4, -0.2) is 19.1 Å². The lowest BCUT2D eigenvalue weighted by Gasteiger charge is -2.13. The summed E-state index contributed by atoms with van der Waals surface area (Å²) in [6.07, 6.45) is 0.303. The monoisotopic (exact) mass is 290 g/mol. The quantitative estimate of drug-likeness (QED) is 0.887. The van der Waals surface area contributed by atoms with E-state index < -0.39 is 0 Å². The normalized spacial score (nSPS) is 14.0. The van der Waals surface area contributed by atoms with Crippen molar-refractivity contribution in [2.24, 2.45) is 5.73 Å². The number of rotatable bonds is 5. The molecule has 0 saturated carbocycles. The Balaban J connectivity index is 2.25. The first-order chi connectivity index (χ1) is 9.92. The van der Waals surface area contributed by atoms with Gasteiger partial charge in [0, 0.05) is 23.4 Å². The summed E-state index contributed by atoms with van der Waals surface area (Å²) in [5, 5.41) is 3.91. The third-order valence-corrected chi connectivity index (χ3v) is 3.46. The second-order valence-corrected chi connectivity index (χ2v) is 5.42. The standard InChI is InChI=1S/C16H22N2O3/c1-9(17)7-15(19)18-11(3)16-10(2)13-8-12(20-4)5-6-14(13)21-16/h5-6,8-9,11H,7,17H2,1-4H3,(H,18,19). The highest BCUT2D eigenvalue weighted by Crippen LogP contribution is 2.31. The maximum Gasteiger partial charge on any atom is 0.222 e. The zero-order valence-electron chi connectivity index (χ0n) is 12.9. The van der Waals surface area contributed by atoms with Crippen LogP contribution in [0.15, 0.2) is 22.6 Å². The highest BCUT2D eigenvalue weighted by Gasteiger charge is 2.19. The van der Waals surface area contributed by atoms with Crippen molar-refractivity contribution in [1.82, 2.24) is 5.32 Å². The van der Waals surface area contributed by atoms with Crippen LogP contribution in [0.4, 0.5) is 0 Å². The summed E-state index contributed by atoms with van der Waals surface area (Å²) in [6.45, 7) is 5.69. The molecule has 2 rings (SSSR count). The molecule has 2 atom stereocenters. The van der Waals surface area contributed by atoms with Gasteiger partial charge in [-0.3, -0.25) is 4.79 Å². The minimum absolute atomic E-state index is 0.0741. The van der Waals surface area contributed by atoms with E-state index >= 15 is 0 Å². The van der Waals surface area contributed by atoms with Gasteiger partial charge in [0.15, 0.2) is 0 Å². The summed E-state index contributed by atoms with van der Waals surface area (Å²) in [5.74, 6) is 1.47. The largest absolute Gasteiger partial charge is 0.497 e. The van der Waals surface area contributed by atoms with Crippen molar-refractivity contribution in [3.8, 4) is 5.75 Å². The second kappa shape index (κ2) is 6.18. The smallest absolute Gasteiger partial charge is 0.222 e. The first-order valence-electron chi connectivity index (χ1n) is 7.04. The molecule has 1 aromatic heterocycles. The number of fused-ring (bicyclic) bond motifs is 1. The first-order valence-corrected chi connectivity index (χ1v) is 7.04. The third kappa shape index (κ3) is 3.36. The van der Waals surface area contributed by atoms with E-state index in [-0.39, 0.29) is 18.0 Å². The number of ether oxygens (including phenoxy) is 1. The van der Waals surface area contributed by atoms with E-state index in [4.69, 9.17) is 14.9 Å². The third-order valence-electron chi connectivity index (χ3n) is 3.46. The van der Waals surface area contributed by atoms with E-state index in [1.54, 1.807) is 7.11 Å². The molecule has 2 aromatic rings. The lowest BCUT2D eigenvalue weighted by atomic mass is 10.1. The number of carbonyl (C=O) groups is 1. The number of methoxy groups -OCH3 is 1. The van der Waals surface area contributed by atoms with Gasteiger partial charge in [-0.2, -0.15) is 0 Å². The Labute approximate surface area is 124 Å². The van der Waals surface area contributed by atoms with Crippen LogP contribution in [-0.2, 0) is 4.79 Å². The Morgan fingerprint density at radius 2 is 2.14 bits per heavy atom. The van der Waals surface area contributed by atoms with Crippen LogP contribution in [0, 0.1) is 6.92 Å². The fourth-order valence-electron chi connectivity index (χ4n) is 2.42. The molecular weight excluding hydrogens is 268 g/mol. The predicted octanol–water partition coefficient (Wildman–Crippen LogP) is 2.66. The van der Waals surface area contributed by atoms with Gasteiger partial charge >= 0.3 is 0 Å². The maximum absolute atomic E-state index is 11.8. The molecule has 0 spiro atoms. The van der Waals surface area contributed by atoms with Crippen LogP contribution in [0.3, 0.4) is 0 Å². The SMILES string of the molecule is COc1ccc2oc(C(C)NC(=O)CC(C)N)c(C)c2c1. The number of aryl methyl sites for hydroxylation is 1. The van der Waals surface area contributed by atoms with Crippen LogP contribution in [0.25, 0.3) is 11.0 Å². The number of hydrogen-bond donors (Lipinski definition) is 2. The molecule has 0 radical (unpaired) electrons. The van der Waals surface area contributed by atoms with E-state index in [0.717, 1.165) is 28.0 Å². The molecule has 114 valence electrons. The number of hydrogen-bond acceptors (Lipinski definition) is 4. The fourth-order valence-corrected chi connectivity index (χ4v) is 2.42. The minimum Gasteiger partial charge on any atom is -0.497 e. The topological polar surface area (TPSA) is 77.5 Å². The summed E-state index contributed by atoms with van der Waals surface area (Å²) in [4.78, 5) is 11.8. The summed E-state index contributed by atoms with van der Waals surface area (Å²) in [6, 6.07) is 5.32. The van der Waals surface area contributed by atoms with Crippen molar-refractivity contribution >= 4 is 16.9 Å². The number of furan rings is 1. The van der Waals surface area contributed by atoms with Gasteiger partial charge in [-0.15, -0.1) is 0 Å². The number of carbonyl (C=O) groups excluding carboxylic acids is 1. The Morgan fingerprint density at radius 3 is 2.76 bits per heavy atom. The molecule has 5 heteroatoms. The first kappa shape index (κ1) is 15.4. The number of nitrogens with two attached hydrogens (primary N) is 1. The fraction of sp³-hybridized carbons (Fsp3) is 0.438. The molecule has 21 heavy (non-hydrogen) atoms. The van der Waals surface area contributed by atoms with Crippen molar-refractivity contribution in [2.45, 2.75) is 39.3 Å². The molecule has 5 nitrogen and oxygen atoms in total. The summed E-state index contributed by atoms with van der Waals surface area (Å²) in [7, 11) is 1.63. The number of benzene rings is 1. The second-order valence-electron chi connectivity index (χ2n) is 5.42. The van der Waals surface area contributed by atoms with Crippen LogP contribution < -0.4 is 15.8 Å². The Bertz CT molecular complexity index is 646. The highest BCUT2D eigenvalue weighted by molar-refractivity contribution is 5.84. The minimum atomic E-state index is -0.199. The highest BCUT2D eigenvalue weighted by atomic mass is 16.5. The molecule has 0 bridgehead atoms. The number of nitrogens with one attached hydrogen (secondary N) is 1. The van der Waals surface area contributed by atoms with Gasteiger partial charge in [-0.25, -0.2) is 0 Å². The van der Waals surface area contributed by atoms with Gasteiger partial charge in [0.1, 0.15) is 17.1 Å². The molecule has 1 aromatic carbocycles. The van der Waals surface area contributed by atoms with Gasteiger partial charge < -0.3 is 20.2 Å². The maximum atomic E-state index is 11.8. The molecule has 1 heterocycles. The molecular formula is C16H22N2O3. The van der Waals surface area contributed by atoms with E-state index in [2.05, 4.69) is 5.32 Å². The van der Waals surface area contributed by atoms with Crippen molar-refractivity contribution in [3.63, 3.8) is 0 Å². The molecule has 0 aliphatic carbocycles. The molecule has 0 saturated heterocycles. The zero-order chi connectivity index (χ0) is 15.6. The van der Waals surface area contributed by atoms with Crippen molar-refractivity contribution in [1.29, 1.82) is 0 Å². The Kier molecular flexibility index (Phi) is 4.53. The average molecular weight is 290 g/mol. The van der Waals surface area contributed by atoms with Crippen LogP contribution in [0.1, 0.15) is 37.6 Å². The van der Waals surface area contributed by atoms with Gasteiger partial charge in [0.25, 0.3) is 0 Å². The van der Waals surface area contributed by atoms with E-state index in [9.17, 15) is 4.79 Å². The average Bonchev–Trinajstić information content (AvgIpc) is 2.74. The van der Waals surface area contributed by atoms with Crippen LogP contribution >= 0.6 is 0 Å². The Morgan fingerprint density at radius 1 is 1.43 bits per heavy atom. The van der Waals surface area contributed by atoms with Crippen LogP contribution in [0.5, 0.6) is 5.75 Å². The Hall–Kier alpha value is -2.01. The predicted molar refractivity (Wildman–Crippen MR) is 82.3 cm³/mol. The van der Waals surface area contributed by atoms with Gasteiger partial charge in [0.2, 0.25) is 5.91 Å². The van der Waals surface area contributed by atoms with Crippen molar-refractivity contribution < 1.29 is 13.9 Å². The molecule has 0 aliphatic heterocycles. The lowest BCUT2D eigenvalue weighted by Crippen LogP contribution is -2.31. The molecule has 0 aliphatic rings. The zero-order valence-corrected chi connectivity index (χ0v) is 12.9. The van der Waals surface area contributed by atoms with E-state index in [0.29, 0.717) is 6.42 Å². The van der Waals surface area contributed by atoms with Gasteiger partial charge in [-0.1, -0.05) is 0 Å². The molecule has 2 unspecified atom stereocenters. The van der Waals surface area contributed by atoms with Gasteiger partial charge in [0.05, 0.1) is 13.2 Å². The summed E-state index contributed by atoms with van der Waals surface area (Å²) < 4.78 is 11.1. The molecule has 0 fully saturated rings. The number of amides is 1.